The molecule has 2 amide bonds. The molecule has 2 heterocycles. The van der Waals surface area contributed by atoms with Crippen LogP contribution in [-0.2, 0) is 16.1 Å². The van der Waals surface area contributed by atoms with Crippen molar-refractivity contribution in [3.8, 4) is 0 Å². The third-order valence-electron chi connectivity index (χ3n) is 4.75. The van der Waals surface area contributed by atoms with Gasteiger partial charge in [-0.25, -0.2) is 0 Å². The van der Waals surface area contributed by atoms with Gasteiger partial charge in [-0.3, -0.25) is 19.5 Å². The molecule has 0 aliphatic carbocycles. The number of aryl methyl sites for hydroxylation is 1. The molecule has 1 N–H and O–H groups in total. The van der Waals surface area contributed by atoms with E-state index >= 15 is 0 Å². The number of aromatic nitrogens is 1. The Morgan fingerprint density at radius 2 is 1.79 bits per heavy atom. The van der Waals surface area contributed by atoms with E-state index in [1.807, 2.05) is 49.4 Å². The number of carbonyl (C=O) groups is 2. The van der Waals surface area contributed by atoms with Gasteiger partial charge in [-0.2, -0.15) is 0 Å². The summed E-state index contributed by atoms with van der Waals surface area (Å²) in [5, 5.41) is 3.71. The lowest BCUT2D eigenvalue weighted by Gasteiger charge is -2.15. The molecule has 0 saturated carbocycles. The Hall–Kier alpha value is -3.44. The molecule has 0 unspecified atom stereocenters. The molecule has 6 heteroatoms. The topological polar surface area (TPSA) is 62.3 Å². The highest BCUT2D eigenvalue weighted by molar-refractivity contribution is 6.36. The van der Waals surface area contributed by atoms with Gasteiger partial charge in [0.1, 0.15) is 5.70 Å². The van der Waals surface area contributed by atoms with Crippen molar-refractivity contribution in [2.24, 2.45) is 0 Å². The molecule has 1 aliphatic rings. The lowest BCUT2D eigenvalue weighted by molar-refractivity contribution is -0.137. The molecule has 0 bridgehead atoms. The number of nitrogens with zero attached hydrogens (tertiary/aromatic N) is 2. The van der Waals surface area contributed by atoms with E-state index in [4.69, 9.17) is 11.6 Å². The highest BCUT2D eigenvalue weighted by Gasteiger charge is 2.39. The number of carbonyl (C=O) groups excluding carboxylic acids is 2. The SMILES string of the molecule is Cc1ccc(Cl)cc1NC1=C(c2ccccc2)C(=O)N(Cc2cccnc2)C1=O. The van der Waals surface area contributed by atoms with E-state index in [-0.39, 0.29) is 24.1 Å². The maximum Gasteiger partial charge on any atom is 0.278 e. The van der Waals surface area contributed by atoms with E-state index < -0.39 is 0 Å². The van der Waals surface area contributed by atoms with Crippen molar-refractivity contribution >= 4 is 34.7 Å². The van der Waals surface area contributed by atoms with Crippen LogP contribution in [0.15, 0.2) is 78.8 Å². The van der Waals surface area contributed by atoms with Crippen LogP contribution in [0.4, 0.5) is 5.69 Å². The summed E-state index contributed by atoms with van der Waals surface area (Å²) in [5.74, 6) is -0.718. The van der Waals surface area contributed by atoms with Crippen molar-refractivity contribution in [3.05, 3.63) is 100 Å². The van der Waals surface area contributed by atoms with Crippen molar-refractivity contribution in [3.63, 3.8) is 0 Å². The predicted molar refractivity (Wildman–Crippen MR) is 113 cm³/mol. The van der Waals surface area contributed by atoms with E-state index in [1.165, 1.54) is 4.90 Å². The minimum atomic E-state index is -0.378. The van der Waals surface area contributed by atoms with Crippen LogP contribution in [0.3, 0.4) is 0 Å². The Balaban J connectivity index is 1.76. The molecule has 0 radical (unpaired) electrons. The average Bonchev–Trinajstić information content (AvgIpc) is 2.96. The molecule has 3 aromatic rings. The number of halogens is 1. The zero-order valence-corrected chi connectivity index (χ0v) is 16.5. The molecule has 0 atom stereocenters. The Morgan fingerprint density at radius 3 is 2.52 bits per heavy atom. The third-order valence-corrected chi connectivity index (χ3v) is 4.99. The quantitative estimate of drug-likeness (QED) is 0.640. The molecule has 0 saturated heterocycles. The van der Waals surface area contributed by atoms with Crippen molar-refractivity contribution in [2.75, 3.05) is 5.32 Å². The first-order valence-electron chi connectivity index (χ1n) is 9.12. The molecular formula is C23H18ClN3O2. The molecule has 1 aliphatic heterocycles. The zero-order valence-electron chi connectivity index (χ0n) is 15.7. The number of anilines is 1. The van der Waals surface area contributed by atoms with Gasteiger partial charge in [-0.15, -0.1) is 0 Å². The Bertz CT molecular complexity index is 1110. The lowest BCUT2D eigenvalue weighted by Crippen LogP contribution is -2.32. The van der Waals surface area contributed by atoms with Crippen LogP contribution >= 0.6 is 11.6 Å². The van der Waals surface area contributed by atoms with Crippen LogP contribution in [0.1, 0.15) is 16.7 Å². The minimum absolute atomic E-state index is 0.154. The standard InChI is InChI=1S/C23H18ClN3O2/c1-15-9-10-18(24)12-19(15)26-21-20(17-7-3-2-4-8-17)22(28)27(23(21)29)14-16-6-5-11-25-13-16/h2-13,26H,14H2,1H3. The van der Waals surface area contributed by atoms with Gasteiger partial charge in [0, 0.05) is 23.1 Å². The fourth-order valence-corrected chi connectivity index (χ4v) is 3.42. The van der Waals surface area contributed by atoms with Crippen molar-refractivity contribution in [1.82, 2.24) is 9.88 Å². The molecule has 29 heavy (non-hydrogen) atoms. The minimum Gasteiger partial charge on any atom is -0.350 e. The van der Waals surface area contributed by atoms with Crippen molar-refractivity contribution in [2.45, 2.75) is 13.5 Å². The number of rotatable bonds is 5. The number of amides is 2. The summed E-state index contributed by atoms with van der Waals surface area (Å²) in [6.07, 6.45) is 3.30. The lowest BCUT2D eigenvalue weighted by atomic mass is 10.0. The van der Waals surface area contributed by atoms with Gasteiger partial charge in [-0.1, -0.05) is 54.1 Å². The first-order valence-corrected chi connectivity index (χ1v) is 9.50. The number of hydrogen-bond acceptors (Lipinski definition) is 4. The normalized spacial score (nSPS) is 13.9. The van der Waals surface area contributed by atoms with Crippen LogP contribution in [0.25, 0.3) is 5.57 Å². The van der Waals surface area contributed by atoms with E-state index in [0.717, 1.165) is 11.1 Å². The number of pyridine rings is 1. The van der Waals surface area contributed by atoms with Gasteiger partial charge in [0.05, 0.1) is 12.1 Å². The second-order valence-corrected chi connectivity index (χ2v) is 7.19. The molecule has 0 spiro atoms. The largest absolute Gasteiger partial charge is 0.350 e. The Morgan fingerprint density at radius 1 is 1.00 bits per heavy atom. The zero-order chi connectivity index (χ0) is 20.4. The first-order chi connectivity index (χ1) is 14.0. The predicted octanol–water partition coefficient (Wildman–Crippen LogP) is 4.44. The van der Waals surface area contributed by atoms with Crippen LogP contribution in [-0.4, -0.2) is 21.7 Å². The summed E-state index contributed by atoms with van der Waals surface area (Å²) in [6, 6.07) is 18.2. The van der Waals surface area contributed by atoms with E-state index in [1.54, 1.807) is 30.6 Å². The maximum atomic E-state index is 13.2. The fraction of sp³-hybridized carbons (Fsp3) is 0.0870. The number of benzene rings is 2. The second-order valence-electron chi connectivity index (χ2n) is 6.76. The summed E-state index contributed by atoms with van der Waals surface area (Å²) < 4.78 is 0. The van der Waals surface area contributed by atoms with E-state index in [2.05, 4.69) is 10.3 Å². The van der Waals surface area contributed by atoms with Crippen LogP contribution in [0.5, 0.6) is 0 Å². The monoisotopic (exact) mass is 403 g/mol. The summed E-state index contributed by atoms with van der Waals surface area (Å²) in [6.45, 7) is 2.07. The highest BCUT2D eigenvalue weighted by Crippen LogP contribution is 2.32. The van der Waals surface area contributed by atoms with Gasteiger partial charge in [-0.05, 0) is 41.8 Å². The first kappa shape index (κ1) is 18.9. The Labute approximate surface area is 173 Å². The number of nitrogens with one attached hydrogen (secondary N) is 1. The second kappa shape index (κ2) is 7.89. The van der Waals surface area contributed by atoms with Crippen LogP contribution < -0.4 is 5.32 Å². The fourth-order valence-electron chi connectivity index (χ4n) is 3.25. The molecule has 2 aromatic carbocycles. The molecule has 144 valence electrons. The highest BCUT2D eigenvalue weighted by atomic mass is 35.5. The van der Waals surface area contributed by atoms with Gasteiger partial charge >= 0.3 is 0 Å². The summed E-state index contributed by atoms with van der Waals surface area (Å²) in [5.41, 5.74) is 3.66. The van der Waals surface area contributed by atoms with Gasteiger partial charge in [0.25, 0.3) is 11.8 Å². The number of imide groups is 1. The average molecular weight is 404 g/mol. The van der Waals surface area contributed by atoms with Gasteiger partial charge in [0.15, 0.2) is 0 Å². The van der Waals surface area contributed by atoms with E-state index in [0.29, 0.717) is 21.8 Å². The molecule has 4 rings (SSSR count). The maximum absolute atomic E-state index is 13.2. The summed E-state index contributed by atoms with van der Waals surface area (Å²) in [4.78, 5) is 31.8. The van der Waals surface area contributed by atoms with E-state index in [9.17, 15) is 9.59 Å². The molecular weight excluding hydrogens is 386 g/mol. The molecule has 5 nitrogen and oxygen atoms in total. The van der Waals surface area contributed by atoms with Gasteiger partial charge < -0.3 is 5.32 Å². The smallest absolute Gasteiger partial charge is 0.278 e. The summed E-state index contributed by atoms with van der Waals surface area (Å²) >= 11 is 6.13. The number of hydrogen-bond donors (Lipinski definition) is 1. The van der Waals surface area contributed by atoms with Crippen molar-refractivity contribution in [1.29, 1.82) is 0 Å². The summed E-state index contributed by atoms with van der Waals surface area (Å²) in [7, 11) is 0. The molecule has 1 aromatic heterocycles. The Kier molecular flexibility index (Phi) is 5.14. The van der Waals surface area contributed by atoms with Crippen LogP contribution in [0, 0.1) is 6.92 Å². The molecule has 0 fully saturated rings. The third kappa shape index (κ3) is 3.77. The van der Waals surface area contributed by atoms with Gasteiger partial charge in [0.2, 0.25) is 0 Å². The van der Waals surface area contributed by atoms with Crippen LogP contribution in [0.2, 0.25) is 5.02 Å². The van der Waals surface area contributed by atoms with Crippen molar-refractivity contribution < 1.29 is 9.59 Å².